The second kappa shape index (κ2) is 10.3. The number of aromatic hydroxyl groups is 1. The zero-order chi connectivity index (χ0) is 26.4. The van der Waals surface area contributed by atoms with E-state index in [9.17, 15) is 20.1 Å². The van der Waals surface area contributed by atoms with Crippen molar-refractivity contribution in [3.05, 3.63) is 29.8 Å². The molecule has 4 N–H and O–H groups in total. The van der Waals surface area contributed by atoms with Gasteiger partial charge in [-0.05, 0) is 116 Å². The van der Waals surface area contributed by atoms with Crippen LogP contribution in [0.4, 0.5) is 0 Å². The first kappa shape index (κ1) is 26.7. The molecule has 0 saturated heterocycles. The Bertz CT molecular complexity index is 1010. The van der Waals surface area contributed by atoms with Gasteiger partial charge in [-0.2, -0.15) is 5.10 Å². The van der Waals surface area contributed by atoms with Crippen LogP contribution < -0.4 is 5.43 Å². The summed E-state index contributed by atoms with van der Waals surface area (Å²) in [7, 11) is 0. The van der Waals surface area contributed by atoms with E-state index in [1.165, 1.54) is 31.9 Å². The highest BCUT2D eigenvalue weighted by Gasteiger charge is 2.62. The maximum absolute atomic E-state index is 12.5. The van der Waals surface area contributed by atoms with E-state index in [0.29, 0.717) is 47.5 Å². The Morgan fingerprint density at radius 3 is 2.59 bits per heavy atom. The number of rotatable bonds is 6. The van der Waals surface area contributed by atoms with Crippen LogP contribution in [0.5, 0.6) is 5.75 Å². The van der Waals surface area contributed by atoms with Crippen molar-refractivity contribution < 1.29 is 20.1 Å². The summed E-state index contributed by atoms with van der Waals surface area (Å²) in [5.41, 5.74) is 3.66. The Morgan fingerprint density at radius 1 is 1.08 bits per heavy atom. The van der Waals surface area contributed by atoms with Crippen molar-refractivity contribution in [3.63, 3.8) is 0 Å². The molecule has 37 heavy (non-hydrogen) atoms. The van der Waals surface area contributed by atoms with Gasteiger partial charge in [-0.15, -0.1) is 0 Å². The van der Waals surface area contributed by atoms with Crippen LogP contribution in [0.25, 0.3) is 0 Å². The predicted molar refractivity (Wildman–Crippen MR) is 145 cm³/mol. The highest BCUT2D eigenvalue weighted by atomic mass is 16.3. The van der Waals surface area contributed by atoms with Crippen LogP contribution in [0, 0.1) is 46.3 Å². The molecule has 1 aromatic carbocycles. The lowest BCUT2D eigenvalue weighted by atomic mass is 9.43. The summed E-state index contributed by atoms with van der Waals surface area (Å²) < 4.78 is 0. The zero-order valence-electron chi connectivity index (χ0n) is 22.8. The van der Waals surface area contributed by atoms with E-state index in [1.54, 1.807) is 18.2 Å². The second-order valence-electron chi connectivity index (χ2n) is 13.3. The van der Waals surface area contributed by atoms with Gasteiger partial charge in [-0.1, -0.05) is 32.9 Å². The maximum atomic E-state index is 12.5. The van der Waals surface area contributed by atoms with Gasteiger partial charge < -0.3 is 15.3 Å². The minimum Gasteiger partial charge on any atom is -0.507 e. The third-order valence-corrected chi connectivity index (χ3v) is 11.6. The van der Waals surface area contributed by atoms with Gasteiger partial charge in [-0.25, -0.2) is 5.43 Å². The lowest BCUT2D eigenvalue weighted by Crippen LogP contribution is -2.58. The number of carbonyl (C=O) groups excluding carboxylic acids is 1. The summed E-state index contributed by atoms with van der Waals surface area (Å²) in [6, 6.07) is 6.91. The highest BCUT2D eigenvalue weighted by Crippen LogP contribution is 2.68. The van der Waals surface area contributed by atoms with E-state index in [0.717, 1.165) is 32.1 Å². The number of amides is 1. The van der Waals surface area contributed by atoms with Crippen molar-refractivity contribution in [1.29, 1.82) is 0 Å². The number of phenols is 1. The lowest BCUT2D eigenvalue weighted by Gasteiger charge is -2.62. The molecule has 1 amide bonds. The average molecular weight is 511 g/mol. The number of fused-ring (bicyclic) bond motifs is 5. The van der Waals surface area contributed by atoms with E-state index >= 15 is 0 Å². The first-order chi connectivity index (χ1) is 17.6. The van der Waals surface area contributed by atoms with Crippen LogP contribution in [0.2, 0.25) is 0 Å². The number of para-hydroxylation sites is 1. The van der Waals surface area contributed by atoms with Crippen LogP contribution in [-0.4, -0.2) is 39.6 Å². The molecule has 0 radical (unpaired) electrons. The standard InChI is InChI=1S/C31H46N2O4/c1-19(8-11-28(37)33-32-18-20-6-4-5-7-26(20)35)23-9-10-24-29-25(13-15-31(23,24)3)30(2)14-12-22(34)16-21(30)17-27(29)36/h4-7,18-19,21-25,27,29,34-36H,8-17H2,1-3H3,(H,33,37)/b32-18-/t19-,21-,22+,23+,24-,25-,27-,29-,30+,31+/m1/s1. The number of benzene rings is 1. The number of aliphatic hydroxyl groups is 2. The summed E-state index contributed by atoms with van der Waals surface area (Å²) in [5, 5.41) is 35.6. The Labute approximate surface area is 221 Å². The van der Waals surface area contributed by atoms with Crippen molar-refractivity contribution in [2.75, 3.05) is 0 Å². The van der Waals surface area contributed by atoms with E-state index in [4.69, 9.17) is 0 Å². The molecule has 4 aliphatic rings. The fourth-order valence-corrected chi connectivity index (χ4v) is 9.56. The van der Waals surface area contributed by atoms with Crippen LogP contribution >= 0.6 is 0 Å². The van der Waals surface area contributed by atoms with Gasteiger partial charge in [0.05, 0.1) is 18.4 Å². The third kappa shape index (κ3) is 4.85. The minimum absolute atomic E-state index is 0.0944. The molecule has 204 valence electrons. The van der Waals surface area contributed by atoms with Crippen molar-refractivity contribution >= 4 is 12.1 Å². The van der Waals surface area contributed by atoms with Crippen molar-refractivity contribution in [3.8, 4) is 5.75 Å². The molecule has 0 aliphatic heterocycles. The van der Waals surface area contributed by atoms with Crippen LogP contribution in [-0.2, 0) is 4.79 Å². The molecule has 6 nitrogen and oxygen atoms in total. The number of nitrogens with zero attached hydrogens (tertiary/aromatic N) is 1. The molecular formula is C31H46N2O4. The summed E-state index contributed by atoms with van der Waals surface area (Å²) in [6.07, 6.45) is 10.8. The topological polar surface area (TPSA) is 102 Å². The lowest BCUT2D eigenvalue weighted by molar-refractivity contribution is -0.174. The van der Waals surface area contributed by atoms with Gasteiger partial charge in [0.2, 0.25) is 5.91 Å². The van der Waals surface area contributed by atoms with Gasteiger partial charge in [0.1, 0.15) is 5.75 Å². The molecule has 0 aromatic heterocycles. The molecular weight excluding hydrogens is 464 g/mol. The van der Waals surface area contributed by atoms with E-state index < -0.39 is 0 Å². The van der Waals surface area contributed by atoms with Crippen molar-refractivity contribution in [2.45, 2.75) is 97.2 Å². The molecule has 1 aromatic rings. The van der Waals surface area contributed by atoms with Crippen molar-refractivity contribution in [2.24, 2.45) is 51.4 Å². The van der Waals surface area contributed by atoms with Gasteiger partial charge in [0, 0.05) is 12.0 Å². The molecule has 4 saturated carbocycles. The number of carbonyl (C=O) groups is 1. The van der Waals surface area contributed by atoms with Crippen LogP contribution in [0.1, 0.15) is 90.5 Å². The SMILES string of the molecule is C[C@H](CCC(=O)N/N=C\c1ccccc1O)[C@@H]1CC[C@@H]2[C@H]3[C@H](O)C[C@H]4C[C@@H](O)CC[C@]4(C)[C@@H]3CC[C@]21C. The largest absolute Gasteiger partial charge is 0.507 e. The third-order valence-electron chi connectivity index (χ3n) is 11.6. The Balaban J connectivity index is 1.19. The number of aliphatic hydroxyl groups excluding tert-OH is 2. The first-order valence-corrected chi connectivity index (χ1v) is 14.6. The molecule has 0 heterocycles. The van der Waals surface area contributed by atoms with E-state index in [1.807, 2.05) is 6.07 Å². The summed E-state index contributed by atoms with van der Waals surface area (Å²) >= 11 is 0. The highest BCUT2D eigenvalue weighted by molar-refractivity contribution is 5.84. The number of hydrazone groups is 1. The minimum atomic E-state index is -0.250. The normalized spacial score (nSPS) is 42.0. The van der Waals surface area contributed by atoms with E-state index in [-0.39, 0.29) is 34.7 Å². The Hall–Kier alpha value is -1.92. The quantitative estimate of drug-likeness (QED) is 0.310. The Kier molecular flexibility index (Phi) is 7.45. The number of hydrogen-bond acceptors (Lipinski definition) is 5. The van der Waals surface area contributed by atoms with Crippen LogP contribution in [0.3, 0.4) is 0 Å². The fourth-order valence-electron chi connectivity index (χ4n) is 9.56. The van der Waals surface area contributed by atoms with Gasteiger partial charge in [0.15, 0.2) is 0 Å². The monoisotopic (exact) mass is 510 g/mol. The van der Waals surface area contributed by atoms with Gasteiger partial charge in [-0.3, -0.25) is 4.79 Å². The number of hydrogen-bond donors (Lipinski definition) is 4. The van der Waals surface area contributed by atoms with Gasteiger partial charge >= 0.3 is 0 Å². The smallest absolute Gasteiger partial charge is 0.240 e. The molecule has 0 spiro atoms. The fraction of sp³-hybridized carbons (Fsp3) is 0.742. The predicted octanol–water partition coefficient (Wildman–Crippen LogP) is 5.25. The first-order valence-electron chi connectivity index (χ1n) is 14.6. The zero-order valence-corrected chi connectivity index (χ0v) is 22.8. The van der Waals surface area contributed by atoms with E-state index in [2.05, 4.69) is 31.3 Å². The maximum Gasteiger partial charge on any atom is 0.240 e. The molecule has 6 heteroatoms. The molecule has 10 atom stereocenters. The van der Waals surface area contributed by atoms with Crippen LogP contribution in [0.15, 0.2) is 29.4 Å². The Morgan fingerprint density at radius 2 is 1.81 bits per heavy atom. The second-order valence-corrected chi connectivity index (χ2v) is 13.3. The summed E-state index contributed by atoms with van der Waals surface area (Å²) in [4.78, 5) is 12.5. The molecule has 4 aliphatic carbocycles. The molecule has 0 unspecified atom stereocenters. The van der Waals surface area contributed by atoms with Gasteiger partial charge in [0.25, 0.3) is 0 Å². The molecule has 0 bridgehead atoms. The summed E-state index contributed by atoms with van der Waals surface area (Å²) in [6.45, 7) is 7.25. The molecule has 5 rings (SSSR count). The molecule has 4 fully saturated rings. The van der Waals surface area contributed by atoms with Crippen molar-refractivity contribution in [1.82, 2.24) is 5.43 Å². The summed E-state index contributed by atoms with van der Waals surface area (Å²) in [5.74, 6) is 2.99. The average Bonchev–Trinajstić information content (AvgIpc) is 3.22. The number of nitrogens with one attached hydrogen (secondary N) is 1. The number of phenolic OH excluding ortho intramolecular Hbond substituents is 1.